The van der Waals surface area contributed by atoms with Gasteiger partial charge in [-0.3, -0.25) is 4.79 Å². The lowest BCUT2D eigenvalue weighted by molar-refractivity contribution is -0.910. The van der Waals surface area contributed by atoms with Crippen molar-refractivity contribution in [3.8, 4) is 11.5 Å². The van der Waals surface area contributed by atoms with Crippen molar-refractivity contribution in [1.29, 1.82) is 0 Å². The zero-order valence-corrected chi connectivity index (χ0v) is 16.4. The molecule has 4 rings (SSSR count). The number of quaternary nitrogens is 1. The number of ether oxygens (including phenoxy) is 2. The molecule has 0 aliphatic carbocycles. The molecule has 2 aromatic rings. The predicted molar refractivity (Wildman–Crippen MR) is 105 cm³/mol. The molecule has 0 radical (unpaired) electrons. The van der Waals surface area contributed by atoms with E-state index in [1.165, 1.54) is 18.2 Å². The topological polar surface area (TPSA) is 52.0 Å². The average Bonchev–Trinajstić information content (AvgIpc) is 3.02. The lowest BCUT2D eigenvalue weighted by Crippen LogP contribution is -3.11. The maximum absolute atomic E-state index is 13.2. The van der Waals surface area contributed by atoms with Crippen LogP contribution in [-0.2, 0) is 11.0 Å². The first-order valence-corrected chi connectivity index (χ1v) is 10.1. The molecule has 2 aliphatic rings. The maximum atomic E-state index is 13.2. The summed E-state index contributed by atoms with van der Waals surface area (Å²) in [6.07, 6.45) is -1.84. The number of hydrogen-bond donors (Lipinski definition) is 2. The SMILES string of the molecule is O=C(C[NH+]1CCC[C@@H]1c1ccc2c(c1)OCCCO2)Nc1ccccc1C(F)(F)F. The van der Waals surface area contributed by atoms with Crippen LogP contribution in [-0.4, -0.2) is 32.2 Å². The fourth-order valence-electron chi connectivity index (χ4n) is 4.16. The summed E-state index contributed by atoms with van der Waals surface area (Å²) in [6, 6.07) is 11.0. The van der Waals surface area contributed by atoms with Crippen LogP contribution in [0.5, 0.6) is 11.5 Å². The smallest absolute Gasteiger partial charge is 0.418 e. The van der Waals surface area contributed by atoms with Gasteiger partial charge >= 0.3 is 6.18 Å². The first-order chi connectivity index (χ1) is 14.4. The molecule has 2 N–H and O–H groups in total. The fraction of sp³-hybridized carbons (Fsp3) is 0.409. The van der Waals surface area contributed by atoms with E-state index in [2.05, 4.69) is 5.32 Å². The average molecular weight is 421 g/mol. The van der Waals surface area contributed by atoms with Crippen LogP contribution in [0.2, 0.25) is 0 Å². The molecule has 8 heteroatoms. The monoisotopic (exact) mass is 421 g/mol. The van der Waals surface area contributed by atoms with E-state index < -0.39 is 17.6 Å². The molecular weight excluding hydrogens is 397 g/mol. The Balaban J connectivity index is 1.46. The number of carbonyl (C=O) groups is 1. The number of rotatable bonds is 4. The summed E-state index contributed by atoms with van der Waals surface area (Å²) in [4.78, 5) is 13.6. The van der Waals surface area contributed by atoms with E-state index in [1.807, 2.05) is 18.2 Å². The maximum Gasteiger partial charge on any atom is 0.418 e. The number of nitrogens with one attached hydrogen (secondary N) is 2. The number of carbonyl (C=O) groups excluding carboxylic acids is 1. The van der Waals surface area contributed by atoms with Crippen molar-refractivity contribution in [3.63, 3.8) is 0 Å². The van der Waals surface area contributed by atoms with Gasteiger partial charge in [-0.15, -0.1) is 0 Å². The molecule has 0 bridgehead atoms. The van der Waals surface area contributed by atoms with E-state index in [4.69, 9.17) is 9.47 Å². The van der Waals surface area contributed by atoms with Gasteiger partial charge in [-0.05, 0) is 30.3 Å². The first-order valence-electron chi connectivity index (χ1n) is 10.1. The Labute approximate surface area is 172 Å². The van der Waals surface area contributed by atoms with Gasteiger partial charge in [0.1, 0.15) is 6.04 Å². The van der Waals surface area contributed by atoms with Gasteiger partial charge in [0.2, 0.25) is 0 Å². The Morgan fingerprint density at radius 2 is 1.83 bits per heavy atom. The van der Waals surface area contributed by atoms with E-state index in [0.717, 1.165) is 48.1 Å². The van der Waals surface area contributed by atoms with Gasteiger partial charge < -0.3 is 19.7 Å². The minimum Gasteiger partial charge on any atom is -0.490 e. The Bertz CT molecular complexity index is 917. The summed E-state index contributed by atoms with van der Waals surface area (Å²) in [5, 5.41) is 2.45. The van der Waals surface area contributed by atoms with Gasteiger partial charge in [0.05, 0.1) is 31.0 Å². The molecule has 1 unspecified atom stereocenters. The molecule has 160 valence electrons. The number of para-hydroxylation sites is 1. The molecule has 1 amide bonds. The summed E-state index contributed by atoms with van der Waals surface area (Å²) in [5.41, 5.74) is 0.00481. The molecule has 0 saturated carbocycles. The molecule has 1 fully saturated rings. The predicted octanol–water partition coefficient (Wildman–Crippen LogP) is 3.23. The molecule has 0 spiro atoms. The van der Waals surface area contributed by atoms with Crippen LogP contribution >= 0.6 is 0 Å². The highest BCUT2D eigenvalue weighted by molar-refractivity contribution is 5.92. The van der Waals surface area contributed by atoms with Crippen molar-refractivity contribution in [3.05, 3.63) is 53.6 Å². The second kappa shape index (κ2) is 8.55. The van der Waals surface area contributed by atoms with Crippen LogP contribution < -0.4 is 19.7 Å². The van der Waals surface area contributed by atoms with Crippen molar-refractivity contribution in [2.75, 3.05) is 31.6 Å². The number of anilines is 1. The number of likely N-dealkylation sites (tertiary alicyclic amines) is 1. The van der Waals surface area contributed by atoms with Crippen LogP contribution in [0.1, 0.15) is 36.4 Å². The van der Waals surface area contributed by atoms with Crippen LogP contribution in [0.3, 0.4) is 0 Å². The molecule has 30 heavy (non-hydrogen) atoms. The largest absolute Gasteiger partial charge is 0.490 e. The molecule has 2 aliphatic heterocycles. The molecule has 2 heterocycles. The number of benzene rings is 2. The minimum atomic E-state index is -4.52. The van der Waals surface area contributed by atoms with Crippen molar-refractivity contribution in [2.45, 2.75) is 31.5 Å². The Hall–Kier alpha value is -2.74. The highest BCUT2D eigenvalue weighted by Gasteiger charge is 2.35. The standard InChI is InChI=1S/C22H23F3N2O3/c23-22(24,25)16-5-1-2-6-17(16)26-21(28)14-27-10-3-7-18(27)15-8-9-19-20(13-15)30-12-4-11-29-19/h1-2,5-6,8-9,13,18H,3-4,7,10-12,14H2,(H,26,28)/p+1/t18-/m1/s1. The number of alkyl halides is 3. The van der Waals surface area contributed by atoms with Gasteiger partial charge in [0.25, 0.3) is 5.91 Å². The zero-order chi connectivity index (χ0) is 21.1. The van der Waals surface area contributed by atoms with Gasteiger partial charge in [-0.2, -0.15) is 13.2 Å². The number of fused-ring (bicyclic) bond motifs is 1. The number of amides is 1. The number of halogens is 3. The van der Waals surface area contributed by atoms with Gasteiger partial charge in [0, 0.05) is 24.8 Å². The zero-order valence-electron chi connectivity index (χ0n) is 16.4. The van der Waals surface area contributed by atoms with Gasteiger partial charge in [-0.1, -0.05) is 12.1 Å². The minimum absolute atomic E-state index is 0.0887. The second-order valence-corrected chi connectivity index (χ2v) is 7.63. The Morgan fingerprint density at radius 1 is 1.07 bits per heavy atom. The fourth-order valence-corrected chi connectivity index (χ4v) is 4.16. The third-order valence-electron chi connectivity index (χ3n) is 5.55. The van der Waals surface area contributed by atoms with E-state index >= 15 is 0 Å². The quantitative estimate of drug-likeness (QED) is 0.797. The van der Waals surface area contributed by atoms with Crippen molar-refractivity contribution in [1.82, 2.24) is 0 Å². The summed E-state index contributed by atoms with van der Waals surface area (Å²) in [5.74, 6) is 1.00. The van der Waals surface area contributed by atoms with E-state index in [9.17, 15) is 18.0 Å². The molecule has 0 aromatic heterocycles. The molecule has 5 nitrogen and oxygen atoms in total. The highest BCUT2D eigenvalue weighted by Crippen LogP contribution is 2.35. The summed E-state index contributed by atoms with van der Waals surface area (Å²) in [7, 11) is 0. The third-order valence-corrected chi connectivity index (χ3v) is 5.55. The molecule has 1 saturated heterocycles. The third kappa shape index (κ3) is 4.53. The Kier molecular flexibility index (Phi) is 5.85. The van der Waals surface area contributed by atoms with Crippen LogP contribution in [0, 0.1) is 0 Å². The van der Waals surface area contributed by atoms with Crippen molar-refractivity contribution < 1.29 is 32.3 Å². The summed E-state index contributed by atoms with van der Waals surface area (Å²) < 4.78 is 51.0. The molecule has 2 atom stereocenters. The van der Waals surface area contributed by atoms with E-state index in [-0.39, 0.29) is 18.3 Å². The summed E-state index contributed by atoms with van der Waals surface area (Å²) in [6.45, 7) is 2.10. The van der Waals surface area contributed by atoms with E-state index in [0.29, 0.717) is 19.0 Å². The Morgan fingerprint density at radius 3 is 2.63 bits per heavy atom. The number of hydrogen-bond acceptors (Lipinski definition) is 3. The van der Waals surface area contributed by atoms with E-state index in [1.54, 1.807) is 0 Å². The van der Waals surface area contributed by atoms with Crippen LogP contribution in [0.25, 0.3) is 0 Å². The first kappa shape index (κ1) is 20.5. The second-order valence-electron chi connectivity index (χ2n) is 7.63. The van der Waals surface area contributed by atoms with Gasteiger partial charge in [-0.25, -0.2) is 0 Å². The summed E-state index contributed by atoms with van der Waals surface area (Å²) >= 11 is 0. The van der Waals surface area contributed by atoms with Crippen molar-refractivity contribution >= 4 is 11.6 Å². The normalized spacial score (nSPS) is 21.2. The molecule has 2 aromatic carbocycles. The lowest BCUT2D eigenvalue weighted by atomic mass is 10.0. The van der Waals surface area contributed by atoms with Crippen LogP contribution in [0.4, 0.5) is 18.9 Å². The lowest BCUT2D eigenvalue weighted by Gasteiger charge is -2.22. The van der Waals surface area contributed by atoms with Crippen molar-refractivity contribution in [2.24, 2.45) is 0 Å². The van der Waals surface area contributed by atoms with Gasteiger partial charge in [0.15, 0.2) is 18.0 Å². The molecular formula is C22H24F3N2O3+. The van der Waals surface area contributed by atoms with Crippen LogP contribution in [0.15, 0.2) is 42.5 Å². The highest BCUT2D eigenvalue weighted by atomic mass is 19.4.